The first-order valence-electron chi connectivity index (χ1n) is 6.52. The maximum atomic E-state index is 12.6. The highest BCUT2D eigenvalue weighted by molar-refractivity contribution is 9.10. The second-order valence-corrected chi connectivity index (χ2v) is 6.84. The molecule has 0 fully saturated rings. The number of aromatic nitrogens is 2. The maximum Gasteiger partial charge on any atom is 0.222 e. The summed E-state index contributed by atoms with van der Waals surface area (Å²) in [6.07, 6.45) is 2.65. The van der Waals surface area contributed by atoms with Gasteiger partial charge in [-0.3, -0.25) is 9.48 Å². The Balaban J connectivity index is 2.26. The average molecular weight is 356 g/mol. The Morgan fingerprint density at radius 3 is 2.80 bits per heavy atom. The molecule has 2 rings (SSSR count). The van der Waals surface area contributed by atoms with Gasteiger partial charge < -0.3 is 4.90 Å². The molecule has 108 valence electrons. The highest BCUT2D eigenvalue weighted by atomic mass is 79.9. The SMILES string of the molecule is CCc1ccc(C(=O)c2c(Br)cnn2CCN(C)C)s1. The predicted molar refractivity (Wildman–Crippen MR) is 85.6 cm³/mol. The Labute approximate surface area is 131 Å². The summed E-state index contributed by atoms with van der Waals surface area (Å²) < 4.78 is 2.53. The topological polar surface area (TPSA) is 38.1 Å². The van der Waals surface area contributed by atoms with Crippen LogP contribution < -0.4 is 0 Å². The van der Waals surface area contributed by atoms with Gasteiger partial charge in [0.2, 0.25) is 5.78 Å². The summed E-state index contributed by atoms with van der Waals surface area (Å²) in [6.45, 7) is 3.64. The summed E-state index contributed by atoms with van der Waals surface area (Å²) in [5.41, 5.74) is 0.636. The molecule has 0 radical (unpaired) electrons. The normalized spacial score (nSPS) is 11.2. The second kappa shape index (κ2) is 6.65. The minimum absolute atomic E-state index is 0.0397. The number of likely N-dealkylation sites (N-methyl/N-ethyl adjacent to an activating group) is 1. The Morgan fingerprint density at radius 1 is 1.45 bits per heavy atom. The van der Waals surface area contributed by atoms with Crippen molar-refractivity contribution in [1.82, 2.24) is 14.7 Å². The van der Waals surface area contributed by atoms with Crippen molar-refractivity contribution in [3.05, 3.63) is 38.3 Å². The summed E-state index contributed by atoms with van der Waals surface area (Å²) in [7, 11) is 4.01. The molecule has 0 aliphatic heterocycles. The number of thiophene rings is 1. The lowest BCUT2D eigenvalue weighted by atomic mass is 10.2. The molecule has 0 saturated carbocycles. The van der Waals surface area contributed by atoms with Gasteiger partial charge in [0, 0.05) is 11.4 Å². The van der Waals surface area contributed by atoms with Crippen molar-refractivity contribution in [1.29, 1.82) is 0 Å². The zero-order valence-electron chi connectivity index (χ0n) is 11.9. The van der Waals surface area contributed by atoms with Crippen LogP contribution in [0.2, 0.25) is 0 Å². The van der Waals surface area contributed by atoms with Crippen molar-refractivity contribution < 1.29 is 4.79 Å². The molecular weight excluding hydrogens is 338 g/mol. The summed E-state index contributed by atoms with van der Waals surface area (Å²) in [5, 5.41) is 4.29. The number of aryl methyl sites for hydroxylation is 1. The van der Waals surface area contributed by atoms with E-state index in [9.17, 15) is 4.79 Å². The van der Waals surface area contributed by atoms with E-state index in [4.69, 9.17) is 0 Å². The van der Waals surface area contributed by atoms with Crippen molar-refractivity contribution in [2.75, 3.05) is 20.6 Å². The number of carbonyl (C=O) groups is 1. The lowest BCUT2D eigenvalue weighted by Gasteiger charge is -2.11. The number of ketones is 1. The molecular formula is C14H18BrN3OS. The van der Waals surface area contributed by atoms with E-state index in [0.29, 0.717) is 12.2 Å². The van der Waals surface area contributed by atoms with Crippen LogP contribution >= 0.6 is 27.3 Å². The van der Waals surface area contributed by atoms with Gasteiger partial charge in [-0.05, 0) is 48.6 Å². The fourth-order valence-corrected chi connectivity index (χ4v) is 3.22. The first-order chi connectivity index (χ1) is 9.52. The molecule has 4 nitrogen and oxygen atoms in total. The molecule has 0 amide bonds. The standard InChI is InChI=1S/C14H18BrN3OS/c1-4-10-5-6-12(20-10)14(19)13-11(15)9-16-18(13)8-7-17(2)3/h5-6,9H,4,7-8H2,1-3H3. The maximum absolute atomic E-state index is 12.6. The zero-order chi connectivity index (χ0) is 14.7. The van der Waals surface area contributed by atoms with Crippen LogP contribution in [0, 0.1) is 0 Å². The van der Waals surface area contributed by atoms with Crippen molar-refractivity contribution in [3.8, 4) is 0 Å². The zero-order valence-corrected chi connectivity index (χ0v) is 14.3. The third-order valence-corrected chi connectivity index (χ3v) is 4.81. The van der Waals surface area contributed by atoms with Crippen LogP contribution in [0.15, 0.2) is 22.8 Å². The van der Waals surface area contributed by atoms with Crippen LogP contribution in [-0.4, -0.2) is 41.1 Å². The van der Waals surface area contributed by atoms with Crippen LogP contribution in [-0.2, 0) is 13.0 Å². The lowest BCUT2D eigenvalue weighted by molar-refractivity contribution is 0.103. The van der Waals surface area contributed by atoms with Crippen molar-refractivity contribution >= 4 is 33.0 Å². The van der Waals surface area contributed by atoms with Crippen LogP contribution in [0.4, 0.5) is 0 Å². The average Bonchev–Trinajstić information content (AvgIpc) is 3.02. The molecule has 0 bridgehead atoms. The smallest absolute Gasteiger partial charge is 0.222 e. The molecule has 0 spiro atoms. The molecule has 0 unspecified atom stereocenters. The largest absolute Gasteiger partial charge is 0.308 e. The van der Waals surface area contributed by atoms with Gasteiger partial charge in [0.05, 0.1) is 22.1 Å². The first kappa shape index (κ1) is 15.4. The molecule has 0 aliphatic rings. The molecule has 2 heterocycles. The Bertz CT molecular complexity index is 603. The van der Waals surface area contributed by atoms with Crippen molar-refractivity contribution in [2.45, 2.75) is 19.9 Å². The molecule has 2 aromatic heterocycles. The first-order valence-corrected chi connectivity index (χ1v) is 8.13. The monoisotopic (exact) mass is 355 g/mol. The van der Waals surface area contributed by atoms with E-state index >= 15 is 0 Å². The van der Waals surface area contributed by atoms with Gasteiger partial charge in [-0.2, -0.15) is 5.10 Å². The van der Waals surface area contributed by atoms with E-state index < -0.39 is 0 Å². The summed E-state index contributed by atoms with van der Waals surface area (Å²) in [4.78, 5) is 16.7. The van der Waals surface area contributed by atoms with Crippen molar-refractivity contribution in [2.24, 2.45) is 0 Å². The van der Waals surface area contributed by atoms with E-state index in [0.717, 1.165) is 22.3 Å². The van der Waals surface area contributed by atoms with Gasteiger partial charge in [-0.25, -0.2) is 0 Å². The van der Waals surface area contributed by atoms with E-state index in [-0.39, 0.29) is 5.78 Å². The van der Waals surface area contributed by atoms with Gasteiger partial charge in [-0.15, -0.1) is 11.3 Å². The molecule has 0 aliphatic carbocycles. The number of hydrogen-bond donors (Lipinski definition) is 0. The number of halogens is 1. The van der Waals surface area contributed by atoms with Gasteiger partial charge in [-0.1, -0.05) is 6.92 Å². The van der Waals surface area contributed by atoms with E-state index in [1.165, 1.54) is 4.88 Å². The van der Waals surface area contributed by atoms with E-state index in [1.54, 1.807) is 22.2 Å². The fourth-order valence-electron chi connectivity index (χ4n) is 1.86. The van der Waals surface area contributed by atoms with Gasteiger partial charge >= 0.3 is 0 Å². The van der Waals surface area contributed by atoms with Crippen LogP contribution in [0.1, 0.15) is 27.2 Å². The summed E-state index contributed by atoms with van der Waals surface area (Å²) >= 11 is 4.99. The van der Waals surface area contributed by atoms with Crippen LogP contribution in [0.3, 0.4) is 0 Å². The van der Waals surface area contributed by atoms with E-state index in [1.807, 2.05) is 26.2 Å². The third kappa shape index (κ3) is 3.37. The summed E-state index contributed by atoms with van der Waals surface area (Å²) in [5.74, 6) is 0.0397. The highest BCUT2D eigenvalue weighted by Gasteiger charge is 2.20. The van der Waals surface area contributed by atoms with Gasteiger partial charge in [0.15, 0.2) is 0 Å². The predicted octanol–water partition coefficient (Wildman–Crippen LogP) is 3.06. The van der Waals surface area contributed by atoms with Crippen LogP contribution in [0.5, 0.6) is 0 Å². The minimum atomic E-state index is 0.0397. The molecule has 0 atom stereocenters. The Hall–Kier alpha value is -0.980. The lowest BCUT2D eigenvalue weighted by Crippen LogP contribution is -2.21. The number of nitrogens with zero attached hydrogens (tertiary/aromatic N) is 3. The van der Waals surface area contributed by atoms with Gasteiger partial charge in [0.25, 0.3) is 0 Å². The number of carbonyl (C=O) groups excluding carboxylic acids is 1. The number of rotatable bonds is 6. The fraction of sp³-hybridized carbons (Fsp3) is 0.429. The third-order valence-electron chi connectivity index (χ3n) is 3.00. The number of hydrogen-bond acceptors (Lipinski definition) is 4. The molecule has 0 aromatic carbocycles. The molecule has 2 aromatic rings. The van der Waals surface area contributed by atoms with Crippen LogP contribution in [0.25, 0.3) is 0 Å². The molecule has 0 saturated heterocycles. The highest BCUT2D eigenvalue weighted by Crippen LogP contribution is 2.24. The van der Waals surface area contributed by atoms with E-state index in [2.05, 4.69) is 32.9 Å². The van der Waals surface area contributed by atoms with Crippen molar-refractivity contribution in [3.63, 3.8) is 0 Å². The molecule has 20 heavy (non-hydrogen) atoms. The Morgan fingerprint density at radius 2 is 2.20 bits per heavy atom. The molecule has 6 heteroatoms. The minimum Gasteiger partial charge on any atom is -0.308 e. The second-order valence-electron chi connectivity index (χ2n) is 4.82. The van der Waals surface area contributed by atoms with Gasteiger partial charge in [0.1, 0.15) is 5.69 Å². The Kier molecular flexibility index (Phi) is 5.12. The quantitative estimate of drug-likeness (QED) is 0.747. The summed E-state index contributed by atoms with van der Waals surface area (Å²) in [6, 6.07) is 3.92. The molecule has 0 N–H and O–H groups in total.